The Morgan fingerprint density at radius 3 is 2.64 bits per heavy atom. The van der Waals surface area contributed by atoms with Crippen LogP contribution in [0.1, 0.15) is 35.7 Å². The summed E-state index contributed by atoms with van der Waals surface area (Å²) >= 11 is 0. The third-order valence-electron chi connectivity index (χ3n) is 4.94. The van der Waals surface area contributed by atoms with Crippen molar-refractivity contribution < 1.29 is 14.4 Å². The second-order valence-electron chi connectivity index (χ2n) is 7.20. The topological polar surface area (TPSA) is 71.6 Å². The van der Waals surface area contributed by atoms with Crippen molar-refractivity contribution in [3.8, 4) is 5.75 Å². The highest BCUT2D eigenvalue weighted by Gasteiger charge is 2.21. The van der Waals surface area contributed by atoms with Gasteiger partial charge in [0.15, 0.2) is 5.82 Å². The van der Waals surface area contributed by atoms with E-state index in [4.69, 9.17) is 9.26 Å². The van der Waals surface area contributed by atoms with E-state index >= 15 is 0 Å². The van der Waals surface area contributed by atoms with Crippen LogP contribution in [0.15, 0.2) is 59.1 Å². The molecule has 146 valence electrons. The molecule has 2 heterocycles. The summed E-state index contributed by atoms with van der Waals surface area (Å²) in [6, 6.07) is 17.5. The van der Waals surface area contributed by atoms with Gasteiger partial charge in [0.2, 0.25) is 5.89 Å². The van der Waals surface area contributed by atoms with Gasteiger partial charge in [-0.25, -0.2) is 0 Å². The van der Waals surface area contributed by atoms with Crippen molar-refractivity contribution in [3.63, 3.8) is 0 Å². The molecule has 28 heavy (non-hydrogen) atoms. The molecule has 2 aromatic carbocycles. The Labute approximate surface area is 164 Å². The van der Waals surface area contributed by atoms with Crippen LogP contribution in [0.5, 0.6) is 5.75 Å². The lowest BCUT2D eigenvalue weighted by Crippen LogP contribution is -2.31. The van der Waals surface area contributed by atoms with E-state index in [0.717, 1.165) is 37.1 Å². The van der Waals surface area contributed by atoms with E-state index in [1.807, 2.05) is 48.5 Å². The molecule has 1 aliphatic rings. The van der Waals surface area contributed by atoms with Crippen molar-refractivity contribution in [1.82, 2.24) is 15.0 Å². The van der Waals surface area contributed by atoms with Crippen molar-refractivity contribution in [2.75, 3.05) is 13.2 Å². The summed E-state index contributed by atoms with van der Waals surface area (Å²) in [4.78, 5) is 6.77. The zero-order valence-corrected chi connectivity index (χ0v) is 15.8. The standard InChI is InChI=1S/C22H25N3O3/c26-20-11-5-4-9-18(20)14-25(15-19-10-6-12-27-19)16-21-23-22(28-24-21)13-17-7-2-1-3-8-17/h1-5,7-9,11,19,26H,6,10,12-16H2/t19-/m0/s1. The van der Waals surface area contributed by atoms with Crippen molar-refractivity contribution in [1.29, 1.82) is 0 Å². The van der Waals surface area contributed by atoms with Gasteiger partial charge in [0.05, 0.1) is 19.1 Å². The molecular weight excluding hydrogens is 354 g/mol. The van der Waals surface area contributed by atoms with Gasteiger partial charge in [-0.15, -0.1) is 0 Å². The van der Waals surface area contributed by atoms with E-state index in [2.05, 4.69) is 15.0 Å². The molecule has 3 aromatic rings. The number of nitrogens with zero attached hydrogens (tertiary/aromatic N) is 3. The van der Waals surface area contributed by atoms with Crippen molar-refractivity contribution in [2.45, 2.75) is 38.5 Å². The lowest BCUT2D eigenvalue weighted by atomic mass is 10.1. The maximum absolute atomic E-state index is 10.1. The number of rotatable bonds is 8. The molecule has 1 saturated heterocycles. The molecule has 1 aromatic heterocycles. The van der Waals surface area contributed by atoms with Crippen LogP contribution in [-0.2, 0) is 24.2 Å². The average molecular weight is 379 g/mol. The van der Waals surface area contributed by atoms with Gasteiger partial charge in [0.25, 0.3) is 0 Å². The number of para-hydroxylation sites is 1. The molecule has 1 fully saturated rings. The van der Waals surface area contributed by atoms with E-state index in [1.165, 1.54) is 0 Å². The van der Waals surface area contributed by atoms with Crippen LogP contribution in [0.2, 0.25) is 0 Å². The first-order valence-corrected chi connectivity index (χ1v) is 9.72. The summed E-state index contributed by atoms with van der Waals surface area (Å²) in [6.45, 7) is 2.75. The Morgan fingerprint density at radius 2 is 1.86 bits per heavy atom. The van der Waals surface area contributed by atoms with Crippen molar-refractivity contribution in [3.05, 3.63) is 77.4 Å². The van der Waals surface area contributed by atoms with E-state index in [1.54, 1.807) is 6.07 Å². The zero-order valence-electron chi connectivity index (χ0n) is 15.8. The first-order chi connectivity index (χ1) is 13.8. The fourth-order valence-electron chi connectivity index (χ4n) is 3.54. The van der Waals surface area contributed by atoms with Crippen LogP contribution >= 0.6 is 0 Å². The lowest BCUT2D eigenvalue weighted by Gasteiger charge is -2.24. The molecule has 6 nitrogen and oxygen atoms in total. The Hall–Kier alpha value is -2.70. The normalized spacial score (nSPS) is 16.7. The number of hydrogen-bond donors (Lipinski definition) is 1. The number of hydrogen-bond acceptors (Lipinski definition) is 6. The molecule has 0 radical (unpaired) electrons. The predicted molar refractivity (Wildman–Crippen MR) is 105 cm³/mol. The highest BCUT2D eigenvalue weighted by atomic mass is 16.5. The van der Waals surface area contributed by atoms with Gasteiger partial charge >= 0.3 is 0 Å². The van der Waals surface area contributed by atoms with Crippen LogP contribution in [-0.4, -0.2) is 39.4 Å². The summed E-state index contributed by atoms with van der Waals surface area (Å²) < 4.78 is 11.2. The number of aromatic hydroxyl groups is 1. The maximum atomic E-state index is 10.1. The van der Waals surface area contributed by atoms with E-state index in [9.17, 15) is 5.11 Å². The monoisotopic (exact) mass is 379 g/mol. The summed E-state index contributed by atoms with van der Waals surface area (Å²) in [5.74, 6) is 1.57. The minimum atomic E-state index is 0.210. The minimum absolute atomic E-state index is 0.210. The minimum Gasteiger partial charge on any atom is -0.508 e. The number of ether oxygens (including phenoxy) is 1. The molecule has 1 atom stereocenters. The largest absolute Gasteiger partial charge is 0.508 e. The Bertz CT molecular complexity index is 875. The Morgan fingerprint density at radius 1 is 1.04 bits per heavy atom. The van der Waals surface area contributed by atoms with Crippen LogP contribution in [0, 0.1) is 0 Å². The van der Waals surface area contributed by atoms with E-state index in [-0.39, 0.29) is 6.10 Å². The second kappa shape index (κ2) is 8.99. The number of benzene rings is 2. The average Bonchev–Trinajstić information content (AvgIpc) is 3.37. The molecule has 1 aliphatic heterocycles. The third-order valence-corrected chi connectivity index (χ3v) is 4.94. The number of aromatic nitrogens is 2. The molecule has 0 saturated carbocycles. The van der Waals surface area contributed by atoms with Gasteiger partial charge < -0.3 is 14.4 Å². The zero-order chi connectivity index (χ0) is 19.2. The third kappa shape index (κ3) is 4.97. The molecule has 1 N–H and O–H groups in total. The van der Waals surface area contributed by atoms with Gasteiger partial charge in [0.1, 0.15) is 5.75 Å². The second-order valence-corrected chi connectivity index (χ2v) is 7.20. The van der Waals surface area contributed by atoms with Gasteiger partial charge in [-0.3, -0.25) is 4.90 Å². The molecule has 0 bridgehead atoms. The quantitative estimate of drug-likeness (QED) is 0.645. The summed E-state index contributed by atoms with van der Waals surface area (Å²) in [5, 5.41) is 14.3. The SMILES string of the molecule is Oc1ccccc1CN(Cc1noc(Cc2ccccc2)n1)C[C@@H]1CCCO1. The molecule has 0 unspecified atom stereocenters. The van der Waals surface area contributed by atoms with E-state index < -0.39 is 0 Å². The maximum Gasteiger partial charge on any atom is 0.231 e. The Balaban J connectivity index is 1.45. The van der Waals surface area contributed by atoms with Gasteiger partial charge in [-0.05, 0) is 24.5 Å². The van der Waals surface area contributed by atoms with Crippen LogP contribution in [0.3, 0.4) is 0 Å². The van der Waals surface area contributed by atoms with E-state index in [0.29, 0.717) is 37.0 Å². The molecule has 0 spiro atoms. The molecule has 6 heteroatoms. The molecule has 0 amide bonds. The summed E-state index contributed by atoms with van der Waals surface area (Å²) in [7, 11) is 0. The first-order valence-electron chi connectivity index (χ1n) is 9.72. The first kappa shape index (κ1) is 18.7. The van der Waals surface area contributed by atoms with Crippen LogP contribution < -0.4 is 0 Å². The van der Waals surface area contributed by atoms with Crippen LogP contribution in [0.25, 0.3) is 0 Å². The highest BCUT2D eigenvalue weighted by molar-refractivity contribution is 5.31. The summed E-state index contributed by atoms with van der Waals surface area (Å²) in [5.41, 5.74) is 2.02. The highest BCUT2D eigenvalue weighted by Crippen LogP contribution is 2.21. The predicted octanol–water partition coefficient (Wildman–Crippen LogP) is 3.55. The number of phenols is 1. The molecule has 4 rings (SSSR count). The lowest BCUT2D eigenvalue weighted by molar-refractivity contribution is 0.0664. The summed E-state index contributed by atoms with van der Waals surface area (Å²) in [6.07, 6.45) is 2.99. The fraction of sp³-hybridized carbons (Fsp3) is 0.364. The Kier molecular flexibility index (Phi) is 5.99. The van der Waals surface area contributed by atoms with Crippen molar-refractivity contribution >= 4 is 0 Å². The van der Waals surface area contributed by atoms with Crippen molar-refractivity contribution in [2.24, 2.45) is 0 Å². The molecule has 0 aliphatic carbocycles. The fourth-order valence-corrected chi connectivity index (χ4v) is 3.54. The number of phenolic OH excluding ortho intramolecular Hbond substituents is 1. The van der Waals surface area contributed by atoms with Gasteiger partial charge in [-0.1, -0.05) is 53.7 Å². The molecular formula is C22H25N3O3. The van der Waals surface area contributed by atoms with Crippen LogP contribution in [0.4, 0.5) is 0 Å². The smallest absolute Gasteiger partial charge is 0.231 e. The van der Waals surface area contributed by atoms with Gasteiger partial charge in [0, 0.05) is 25.3 Å². The van der Waals surface area contributed by atoms with Gasteiger partial charge in [-0.2, -0.15) is 4.98 Å².